The van der Waals surface area contributed by atoms with Crippen molar-refractivity contribution in [1.29, 1.82) is 0 Å². The summed E-state index contributed by atoms with van der Waals surface area (Å²) in [6, 6.07) is 66.0. The van der Waals surface area contributed by atoms with Crippen molar-refractivity contribution in [2.75, 3.05) is 0 Å². The Labute approximate surface area is 426 Å². The first-order valence-corrected chi connectivity index (χ1v) is 26.6. The maximum Gasteiger partial charge on any atom is 0.247 e. The van der Waals surface area contributed by atoms with Gasteiger partial charge in [-0.25, -0.2) is 0 Å². The molecule has 72 heavy (non-hydrogen) atoms. The van der Waals surface area contributed by atoms with Crippen LogP contribution in [0.25, 0.3) is 77.2 Å². The highest BCUT2D eigenvalue weighted by molar-refractivity contribution is 7.00. The molecule has 0 amide bonds. The third-order valence-electron chi connectivity index (χ3n) is 16.6. The zero-order chi connectivity index (χ0) is 49.4. The second-order valence-corrected chi connectivity index (χ2v) is 22.5. The van der Waals surface area contributed by atoms with Gasteiger partial charge in [-0.2, -0.15) is 0 Å². The Hall–Kier alpha value is -7.29. The van der Waals surface area contributed by atoms with Gasteiger partial charge < -0.3 is 9.13 Å². The summed E-state index contributed by atoms with van der Waals surface area (Å²) < 4.78 is 5.37. The molecular weight excluding hydrogens is 866 g/mol. The maximum atomic E-state index is 2.69. The van der Waals surface area contributed by atoms with Crippen LogP contribution in [-0.4, -0.2) is 22.6 Å². The monoisotopic (exact) mass is 929 g/mol. The Morgan fingerprint density at radius 2 is 0.681 bits per heavy atom. The van der Waals surface area contributed by atoms with Crippen LogP contribution in [0.15, 0.2) is 170 Å². The van der Waals surface area contributed by atoms with Gasteiger partial charge >= 0.3 is 0 Å². The van der Waals surface area contributed by atoms with Gasteiger partial charge in [-0.05, 0) is 152 Å². The van der Waals surface area contributed by atoms with Crippen LogP contribution in [0.5, 0.6) is 0 Å². The van der Waals surface area contributed by atoms with Crippen molar-refractivity contribution in [3.8, 4) is 33.6 Å². The fraction of sp³-hybridized carbons (Fsp3) is 0.206. The number of aromatic nitrogens is 2. The van der Waals surface area contributed by atoms with E-state index in [0.29, 0.717) is 23.7 Å². The Bertz CT molecular complexity index is 3700. The predicted molar refractivity (Wildman–Crippen MR) is 314 cm³/mol. The molecule has 0 unspecified atom stereocenters. The molecule has 4 heteroatoms. The first kappa shape index (κ1) is 44.6. The zero-order valence-corrected chi connectivity index (χ0v) is 43.5. The lowest BCUT2D eigenvalue weighted by Crippen LogP contribution is -2.61. The van der Waals surface area contributed by atoms with Crippen LogP contribution in [0.4, 0.5) is 0 Å². The van der Waals surface area contributed by atoms with E-state index in [-0.39, 0.29) is 13.4 Å². The lowest BCUT2D eigenvalue weighted by molar-refractivity contribution is 0.845. The van der Waals surface area contributed by atoms with E-state index in [0.717, 1.165) is 0 Å². The number of hydrogen-bond donors (Lipinski definition) is 0. The summed E-state index contributed by atoms with van der Waals surface area (Å²) in [5.74, 6) is 1.37. The molecule has 11 aromatic rings. The van der Waals surface area contributed by atoms with Crippen molar-refractivity contribution in [3.05, 3.63) is 203 Å². The van der Waals surface area contributed by atoms with Crippen LogP contribution in [-0.2, 0) is 0 Å². The largest absolute Gasteiger partial charge is 0.310 e. The Balaban J connectivity index is 1.23. The second kappa shape index (κ2) is 16.6. The Kier molecular flexibility index (Phi) is 10.3. The number of fused-ring (bicyclic) bond motifs is 10. The van der Waals surface area contributed by atoms with Crippen molar-refractivity contribution >= 4 is 89.8 Å². The second-order valence-electron chi connectivity index (χ2n) is 22.5. The molecule has 350 valence electrons. The molecule has 4 heterocycles. The van der Waals surface area contributed by atoms with E-state index in [9.17, 15) is 0 Å². The van der Waals surface area contributed by atoms with Crippen molar-refractivity contribution in [3.63, 3.8) is 0 Å². The standard InChI is InChI=1S/C68H62B2N2/c1-39(2)49-23-17-24-50(40(3)4)65(49)69-57-37-64-58(38-63(57)71-61-29-27-47(45-19-13-11-14-20-45)35-53(61)55-31-43(9)33-59(69)67(55)71)70(66-51(41(5)6)25-18-26-52(66)42(7)8)60-34-44(10)32-56-54-36-48(46-21-15-12-16-22-46)28-30-62(54)72(64)68(56)60/h11-42H,1-10H3. The summed E-state index contributed by atoms with van der Waals surface area (Å²) in [7, 11) is 0. The third-order valence-corrected chi connectivity index (χ3v) is 16.6. The van der Waals surface area contributed by atoms with Crippen LogP contribution < -0.4 is 32.8 Å². The van der Waals surface area contributed by atoms with E-state index < -0.39 is 0 Å². The molecule has 0 aliphatic carbocycles. The average molecular weight is 929 g/mol. The van der Waals surface area contributed by atoms with Gasteiger partial charge in [0.1, 0.15) is 0 Å². The minimum Gasteiger partial charge on any atom is -0.310 e. The van der Waals surface area contributed by atoms with E-state index >= 15 is 0 Å². The Morgan fingerprint density at radius 1 is 0.319 bits per heavy atom. The molecule has 0 atom stereocenters. The van der Waals surface area contributed by atoms with Crippen molar-refractivity contribution in [2.45, 2.75) is 92.9 Å². The number of rotatable bonds is 8. The SMILES string of the molecule is Cc1cc2c3c(c1)c1cc(-c4ccccc4)ccc1n3-c1cc3c(cc1B2c1c(C(C)C)cccc1C(C)C)-n1c2ccc(-c4ccccc4)cc2c2cc(C)cc(c21)B3c1c(C(C)C)cccc1C(C)C. The lowest BCUT2D eigenvalue weighted by atomic mass is 9.31. The molecule has 2 aliphatic heterocycles. The zero-order valence-electron chi connectivity index (χ0n) is 43.5. The summed E-state index contributed by atoms with van der Waals surface area (Å²) in [4.78, 5) is 0. The maximum absolute atomic E-state index is 2.69. The third kappa shape index (κ3) is 6.57. The first-order chi connectivity index (χ1) is 34.9. The minimum absolute atomic E-state index is 0.00291. The van der Waals surface area contributed by atoms with Gasteiger partial charge in [-0.15, -0.1) is 0 Å². The van der Waals surface area contributed by atoms with E-state index in [1.54, 1.807) is 0 Å². The number of hydrogen-bond acceptors (Lipinski definition) is 0. The molecule has 0 N–H and O–H groups in total. The van der Waals surface area contributed by atoms with Gasteiger partial charge in [0.25, 0.3) is 0 Å². The lowest BCUT2D eigenvalue weighted by Gasteiger charge is -2.36. The molecule has 0 spiro atoms. The molecule has 0 saturated heterocycles. The summed E-state index contributed by atoms with van der Waals surface area (Å²) in [5.41, 5.74) is 29.6. The highest BCUT2D eigenvalue weighted by Crippen LogP contribution is 2.41. The predicted octanol–water partition coefficient (Wildman–Crippen LogP) is 14.0. The highest BCUT2D eigenvalue weighted by Gasteiger charge is 2.42. The molecule has 2 nitrogen and oxygen atoms in total. The van der Waals surface area contributed by atoms with Crippen LogP contribution in [0, 0.1) is 13.8 Å². The molecule has 2 aliphatic rings. The molecule has 0 fully saturated rings. The first-order valence-electron chi connectivity index (χ1n) is 26.6. The van der Waals surface area contributed by atoms with E-state index in [2.05, 4.69) is 248 Å². The number of nitrogens with zero attached hydrogens (tertiary/aromatic N) is 2. The van der Waals surface area contributed by atoms with Crippen molar-refractivity contribution in [1.82, 2.24) is 9.13 Å². The fourth-order valence-corrected chi connectivity index (χ4v) is 13.5. The molecule has 0 saturated carbocycles. The van der Waals surface area contributed by atoms with E-state index in [1.807, 2.05) is 0 Å². The highest BCUT2D eigenvalue weighted by atomic mass is 15.0. The van der Waals surface area contributed by atoms with Crippen LogP contribution in [0.2, 0.25) is 0 Å². The molecule has 0 radical (unpaired) electrons. The fourth-order valence-electron chi connectivity index (χ4n) is 13.5. The molecule has 0 bridgehead atoms. The summed E-state index contributed by atoms with van der Waals surface area (Å²) in [6.45, 7) is 23.8. The van der Waals surface area contributed by atoms with E-state index in [1.165, 1.54) is 143 Å². The van der Waals surface area contributed by atoms with Gasteiger partial charge in [0.2, 0.25) is 13.4 Å². The molecular formula is C68H62B2N2. The van der Waals surface area contributed by atoms with Crippen LogP contribution in [0.3, 0.4) is 0 Å². The topological polar surface area (TPSA) is 9.86 Å². The number of benzene rings is 9. The summed E-state index contributed by atoms with van der Waals surface area (Å²) >= 11 is 0. The van der Waals surface area contributed by atoms with Crippen LogP contribution in [0.1, 0.15) is 112 Å². The summed E-state index contributed by atoms with van der Waals surface area (Å²) in [5, 5.41) is 5.27. The van der Waals surface area contributed by atoms with Crippen molar-refractivity contribution < 1.29 is 0 Å². The van der Waals surface area contributed by atoms with Crippen molar-refractivity contribution in [2.24, 2.45) is 0 Å². The molecule has 9 aromatic carbocycles. The smallest absolute Gasteiger partial charge is 0.247 e. The number of aryl methyl sites for hydroxylation is 2. The summed E-state index contributed by atoms with van der Waals surface area (Å²) in [6.07, 6.45) is 0. The molecule has 2 aromatic heterocycles. The normalized spacial score (nSPS) is 13.0. The van der Waals surface area contributed by atoms with Gasteiger partial charge in [0, 0.05) is 44.0 Å². The van der Waals surface area contributed by atoms with E-state index in [4.69, 9.17) is 0 Å². The van der Waals surface area contributed by atoms with Gasteiger partial charge in [-0.3, -0.25) is 0 Å². The van der Waals surface area contributed by atoms with Gasteiger partial charge in [0.05, 0.1) is 11.0 Å². The Morgan fingerprint density at radius 3 is 1.03 bits per heavy atom. The minimum atomic E-state index is 0.00291. The quantitative estimate of drug-likeness (QED) is 0.134. The van der Waals surface area contributed by atoms with Gasteiger partial charge in [-0.1, -0.05) is 199 Å². The van der Waals surface area contributed by atoms with Gasteiger partial charge in [0.15, 0.2) is 0 Å². The average Bonchev–Trinajstić information content (AvgIpc) is 3.89. The molecule has 13 rings (SSSR count). The van der Waals surface area contributed by atoms with Crippen LogP contribution >= 0.6 is 0 Å².